The molecule has 120 valence electrons. The molecule has 0 amide bonds. The van der Waals surface area contributed by atoms with E-state index in [1.165, 1.54) is 27.5 Å². The first-order chi connectivity index (χ1) is 12.9. The van der Waals surface area contributed by atoms with Gasteiger partial charge in [-0.1, -0.05) is 54.6 Å². The third-order valence-electron chi connectivity index (χ3n) is 5.23. The summed E-state index contributed by atoms with van der Waals surface area (Å²) in [6.45, 7) is 0. The lowest BCUT2D eigenvalue weighted by Crippen LogP contribution is -1.89. The Morgan fingerprint density at radius 3 is 2.35 bits per heavy atom. The van der Waals surface area contributed by atoms with Crippen LogP contribution in [0.25, 0.3) is 55.3 Å². The van der Waals surface area contributed by atoms with E-state index in [9.17, 15) is 0 Å². The van der Waals surface area contributed by atoms with Gasteiger partial charge in [-0.25, -0.2) is 4.98 Å². The van der Waals surface area contributed by atoms with Crippen LogP contribution in [0.4, 0.5) is 0 Å². The Balaban J connectivity index is 1.59. The summed E-state index contributed by atoms with van der Waals surface area (Å²) in [4.78, 5) is 9.62. The van der Waals surface area contributed by atoms with Crippen LogP contribution in [-0.4, -0.2) is 9.97 Å². The standard InChI is InChI=1S/C24H14N2/c1-2-10-21-16(5-1)13-17(14-25-21)22-12-11-19-18-8-3-6-15-7-4-9-20(23(15)18)24(19)26-22/h1-14H. The largest absolute Gasteiger partial charge is 0.256 e. The first-order valence-corrected chi connectivity index (χ1v) is 8.77. The molecule has 2 heteroatoms. The average Bonchev–Trinajstić information content (AvgIpc) is 3.03. The highest BCUT2D eigenvalue weighted by Crippen LogP contribution is 2.46. The Morgan fingerprint density at radius 1 is 0.615 bits per heavy atom. The molecule has 0 atom stereocenters. The van der Waals surface area contributed by atoms with Crippen LogP contribution in [0, 0.1) is 0 Å². The van der Waals surface area contributed by atoms with Crippen LogP contribution >= 0.6 is 0 Å². The van der Waals surface area contributed by atoms with E-state index in [1.54, 1.807) is 0 Å². The highest BCUT2D eigenvalue weighted by molar-refractivity contribution is 6.14. The summed E-state index contributed by atoms with van der Waals surface area (Å²) in [6.07, 6.45) is 1.92. The van der Waals surface area contributed by atoms with Gasteiger partial charge in [0.25, 0.3) is 0 Å². The number of hydrogen-bond acceptors (Lipinski definition) is 2. The van der Waals surface area contributed by atoms with E-state index < -0.39 is 0 Å². The number of benzene rings is 3. The molecule has 0 saturated heterocycles. The summed E-state index contributed by atoms with van der Waals surface area (Å²) >= 11 is 0. The van der Waals surface area contributed by atoms with Gasteiger partial charge in [-0.05, 0) is 40.6 Å². The van der Waals surface area contributed by atoms with Crippen molar-refractivity contribution in [2.24, 2.45) is 0 Å². The molecule has 0 N–H and O–H groups in total. The fourth-order valence-electron chi connectivity index (χ4n) is 4.02. The maximum atomic E-state index is 5.03. The lowest BCUT2D eigenvalue weighted by molar-refractivity contribution is 1.32. The molecule has 0 saturated carbocycles. The van der Waals surface area contributed by atoms with Crippen LogP contribution in [0.15, 0.2) is 85.1 Å². The van der Waals surface area contributed by atoms with Crippen LogP contribution in [0.1, 0.15) is 0 Å². The van der Waals surface area contributed by atoms with E-state index in [0.29, 0.717) is 0 Å². The minimum atomic E-state index is 0.965. The summed E-state index contributed by atoms with van der Waals surface area (Å²) in [5.74, 6) is 0. The van der Waals surface area contributed by atoms with E-state index in [-0.39, 0.29) is 0 Å². The van der Waals surface area contributed by atoms with Crippen LogP contribution < -0.4 is 0 Å². The van der Waals surface area contributed by atoms with Crippen molar-refractivity contribution in [2.75, 3.05) is 0 Å². The van der Waals surface area contributed by atoms with Gasteiger partial charge in [0.05, 0.1) is 16.9 Å². The number of nitrogens with zero attached hydrogens (tertiary/aromatic N) is 2. The molecule has 0 fully saturated rings. The SMILES string of the molecule is c1ccc2ncc(-c3ccc4c(n3)-c3cccc5cccc-4c35)cc2c1. The molecule has 26 heavy (non-hydrogen) atoms. The van der Waals surface area contributed by atoms with Crippen molar-refractivity contribution in [1.29, 1.82) is 0 Å². The van der Waals surface area contributed by atoms with Crippen molar-refractivity contribution < 1.29 is 0 Å². The Kier molecular flexibility index (Phi) is 2.64. The third kappa shape index (κ3) is 1.81. The Bertz CT molecular complexity index is 1330. The van der Waals surface area contributed by atoms with Crippen molar-refractivity contribution in [3.05, 3.63) is 85.1 Å². The van der Waals surface area contributed by atoms with E-state index in [0.717, 1.165) is 27.9 Å². The molecule has 0 spiro atoms. The number of rotatable bonds is 1. The van der Waals surface area contributed by atoms with Gasteiger partial charge < -0.3 is 0 Å². The number of pyridine rings is 2. The Labute approximate surface area is 150 Å². The molecule has 1 aliphatic rings. The zero-order valence-corrected chi connectivity index (χ0v) is 14.0. The fourth-order valence-corrected chi connectivity index (χ4v) is 4.02. The van der Waals surface area contributed by atoms with Gasteiger partial charge in [0, 0.05) is 28.3 Å². The highest BCUT2D eigenvalue weighted by atomic mass is 14.7. The molecule has 0 unspecified atom stereocenters. The second kappa shape index (κ2) is 4.99. The van der Waals surface area contributed by atoms with Gasteiger partial charge in [0.2, 0.25) is 0 Å². The molecule has 3 aromatic carbocycles. The summed E-state index contributed by atoms with van der Waals surface area (Å²) in [6, 6.07) is 27.6. The van der Waals surface area contributed by atoms with E-state index in [1.807, 2.05) is 24.4 Å². The zero-order chi connectivity index (χ0) is 17.1. The van der Waals surface area contributed by atoms with Crippen molar-refractivity contribution in [2.45, 2.75) is 0 Å². The Morgan fingerprint density at radius 2 is 1.42 bits per heavy atom. The molecular weight excluding hydrogens is 316 g/mol. The van der Waals surface area contributed by atoms with E-state index >= 15 is 0 Å². The number of para-hydroxylation sites is 1. The maximum Gasteiger partial charge on any atom is 0.0794 e. The van der Waals surface area contributed by atoms with Gasteiger partial charge >= 0.3 is 0 Å². The van der Waals surface area contributed by atoms with Gasteiger partial charge in [-0.3, -0.25) is 4.98 Å². The summed E-state index contributed by atoms with van der Waals surface area (Å²) < 4.78 is 0. The monoisotopic (exact) mass is 330 g/mol. The number of fused-ring (bicyclic) bond motifs is 4. The van der Waals surface area contributed by atoms with Gasteiger partial charge in [0.1, 0.15) is 0 Å². The summed E-state index contributed by atoms with van der Waals surface area (Å²) in [7, 11) is 0. The Hall–Kier alpha value is -3.52. The predicted molar refractivity (Wildman–Crippen MR) is 107 cm³/mol. The lowest BCUT2D eigenvalue weighted by atomic mass is 10.0. The molecule has 1 aliphatic carbocycles. The lowest BCUT2D eigenvalue weighted by Gasteiger charge is -2.06. The minimum absolute atomic E-state index is 0.965. The quantitative estimate of drug-likeness (QED) is 0.364. The zero-order valence-electron chi connectivity index (χ0n) is 14.0. The molecule has 0 aliphatic heterocycles. The third-order valence-corrected chi connectivity index (χ3v) is 5.23. The second-order valence-corrected chi connectivity index (χ2v) is 6.72. The molecule has 2 nitrogen and oxygen atoms in total. The predicted octanol–water partition coefficient (Wildman–Crippen LogP) is 6.10. The molecule has 5 aromatic rings. The van der Waals surface area contributed by atoms with Crippen molar-refractivity contribution in [1.82, 2.24) is 9.97 Å². The summed E-state index contributed by atoms with van der Waals surface area (Å²) in [5.41, 5.74) is 7.82. The van der Waals surface area contributed by atoms with Crippen molar-refractivity contribution in [3.63, 3.8) is 0 Å². The van der Waals surface area contributed by atoms with Crippen LogP contribution in [-0.2, 0) is 0 Å². The topological polar surface area (TPSA) is 25.8 Å². The molecule has 2 heterocycles. The van der Waals surface area contributed by atoms with Crippen molar-refractivity contribution >= 4 is 21.7 Å². The minimum Gasteiger partial charge on any atom is -0.256 e. The first kappa shape index (κ1) is 13.7. The molecular formula is C24H14N2. The van der Waals surface area contributed by atoms with Crippen LogP contribution in [0.3, 0.4) is 0 Å². The number of aromatic nitrogens is 2. The fraction of sp³-hybridized carbons (Fsp3) is 0. The normalized spacial score (nSPS) is 11.8. The maximum absolute atomic E-state index is 5.03. The molecule has 0 radical (unpaired) electrons. The van der Waals surface area contributed by atoms with Crippen molar-refractivity contribution in [3.8, 4) is 33.6 Å². The van der Waals surface area contributed by atoms with E-state index in [4.69, 9.17) is 4.98 Å². The van der Waals surface area contributed by atoms with Gasteiger partial charge in [-0.15, -0.1) is 0 Å². The van der Waals surface area contributed by atoms with Gasteiger partial charge in [0.15, 0.2) is 0 Å². The van der Waals surface area contributed by atoms with Gasteiger partial charge in [-0.2, -0.15) is 0 Å². The summed E-state index contributed by atoms with van der Waals surface area (Å²) in [5, 5.41) is 3.72. The van der Waals surface area contributed by atoms with E-state index in [2.05, 4.69) is 65.6 Å². The van der Waals surface area contributed by atoms with Crippen LogP contribution in [0.2, 0.25) is 0 Å². The molecule has 0 bridgehead atoms. The van der Waals surface area contributed by atoms with Crippen LogP contribution in [0.5, 0.6) is 0 Å². The highest BCUT2D eigenvalue weighted by Gasteiger charge is 2.22. The number of hydrogen-bond donors (Lipinski definition) is 0. The second-order valence-electron chi connectivity index (χ2n) is 6.72. The first-order valence-electron chi connectivity index (χ1n) is 8.77. The molecule has 2 aromatic heterocycles. The smallest absolute Gasteiger partial charge is 0.0794 e. The average molecular weight is 330 g/mol. The molecule has 6 rings (SSSR count).